The summed E-state index contributed by atoms with van der Waals surface area (Å²) in [6, 6.07) is 8.61. The van der Waals surface area contributed by atoms with Crippen molar-refractivity contribution in [3.8, 4) is 5.75 Å². The summed E-state index contributed by atoms with van der Waals surface area (Å²) in [6.07, 6.45) is 6.29. The van der Waals surface area contributed by atoms with Crippen molar-refractivity contribution in [3.63, 3.8) is 0 Å². The number of urea groups is 1. The van der Waals surface area contributed by atoms with Gasteiger partial charge in [-0.1, -0.05) is 12.1 Å². The van der Waals surface area contributed by atoms with Gasteiger partial charge in [-0.3, -0.25) is 5.10 Å². The summed E-state index contributed by atoms with van der Waals surface area (Å²) in [5.41, 5.74) is 0.874. The van der Waals surface area contributed by atoms with Crippen molar-refractivity contribution in [2.75, 3.05) is 26.2 Å². The van der Waals surface area contributed by atoms with Crippen LogP contribution in [0.5, 0.6) is 5.75 Å². The summed E-state index contributed by atoms with van der Waals surface area (Å²) in [5, 5.41) is 17.4. The molecular weight excluding hydrogens is 406 g/mol. The van der Waals surface area contributed by atoms with Crippen molar-refractivity contribution >= 4 is 6.03 Å². The van der Waals surface area contributed by atoms with Gasteiger partial charge < -0.3 is 19.6 Å². The number of hydrogen-bond acceptors (Lipinski definition) is 5. The van der Waals surface area contributed by atoms with Gasteiger partial charge in [-0.05, 0) is 62.1 Å². The number of carbonyl (C=O) groups is 1. The molecule has 8 heteroatoms. The first kappa shape index (κ1) is 18.9. The average Bonchev–Trinajstić information content (AvgIpc) is 3.62. The highest BCUT2D eigenvalue weighted by atomic mass is 16.5. The van der Waals surface area contributed by atoms with Crippen LogP contribution in [0.1, 0.15) is 67.6 Å². The summed E-state index contributed by atoms with van der Waals surface area (Å²) >= 11 is 0. The number of ether oxygens (including phenoxy) is 1. The fourth-order valence-corrected chi connectivity index (χ4v) is 5.64. The molecule has 2 amide bonds. The fraction of sp³-hybridized carbons (Fsp3) is 0.625. The summed E-state index contributed by atoms with van der Waals surface area (Å²) in [7, 11) is 0. The zero-order valence-electron chi connectivity index (χ0n) is 18.2. The molecule has 3 heterocycles. The lowest BCUT2D eigenvalue weighted by Crippen LogP contribution is -2.68. The monoisotopic (exact) mass is 435 g/mol. The van der Waals surface area contributed by atoms with Crippen LogP contribution in [-0.2, 0) is 5.60 Å². The number of nitrogens with one attached hydrogen (secondary N) is 1. The van der Waals surface area contributed by atoms with Crippen LogP contribution in [0.2, 0.25) is 0 Å². The van der Waals surface area contributed by atoms with Crippen LogP contribution in [0.4, 0.5) is 4.79 Å². The zero-order chi connectivity index (χ0) is 21.5. The molecule has 5 fully saturated rings. The van der Waals surface area contributed by atoms with Crippen LogP contribution in [-0.4, -0.2) is 68.4 Å². The van der Waals surface area contributed by atoms with Crippen molar-refractivity contribution in [3.05, 3.63) is 41.5 Å². The van der Waals surface area contributed by atoms with Crippen molar-refractivity contribution in [1.29, 1.82) is 0 Å². The first-order chi connectivity index (χ1) is 15.5. The number of hydrogen-bond donors (Lipinski definition) is 2. The lowest BCUT2D eigenvalue weighted by Gasteiger charge is -2.59. The number of likely N-dealkylation sites (tertiary alicyclic amines) is 2. The SMILES string of the molecule is O=C(N1CC(Oc2ccc(C3CC3)cc2)C1)N1CC2(CC(c3nc(C4(O)CC4)n[nH]3)C2)C1. The van der Waals surface area contributed by atoms with Gasteiger partial charge in [0.15, 0.2) is 5.82 Å². The van der Waals surface area contributed by atoms with E-state index in [1.807, 2.05) is 9.80 Å². The molecule has 0 bridgehead atoms. The lowest BCUT2D eigenvalue weighted by atomic mass is 9.57. The summed E-state index contributed by atoms with van der Waals surface area (Å²) in [6.45, 7) is 2.99. The number of aliphatic hydroxyl groups is 1. The first-order valence-corrected chi connectivity index (χ1v) is 11.9. The van der Waals surface area contributed by atoms with Crippen LogP contribution < -0.4 is 4.74 Å². The first-order valence-electron chi connectivity index (χ1n) is 11.9. The van der Waals surface area contributed by atoms with E-state index < -0.39 is 5.60 Å². The number of benzene rings is 1. The Kier molecular flexibility index (Phi) is 3.82. The third-order valence-electron chi connectivity index (χ3n) is 8.06. The van der Waals surface area contributed by atoms with E-state index in [1.54, 1.807) is 0 Å². The minimum atomic E-state index is -0.783. The van der Waals surface area contributed by atoms with Crippen LogP contribution in [0, 0.1) is 5.41 Å². The van der Waals surface area contributed by atoms with Crippen LogP contribution in [0.15, 0.2) is 24.3 Å². The molecule has 2 aromatic rings. The Bertz CT molecular complexity index is 1040. The number of aromatic amines is 1. The van der Waals surface area contributed by atoms with Crippen LogP contribution in [0.3, 0.4) is 0 Å². The normalized spacial score (nSPS) is 25.8. The van der Waals surface area contributed by atoms with Crippen LogP contribution in [0.25, 0.3) is 0 Å². The van der Waals surface area contributed by atoms with E-state index in [9.17, 15) is 9.90 Å². The molecule has 3 aliphatic carbocycles. The summed E-state index contributed by atoms with van der Waals surface area (Å²) < 4.78 is 6.04. The van der Waals surface area contributed by atoms with Crippen molar-refractivity contribution in [2.24, 2.45) is 5.41 Å². The topological polar surface area (TPSA) is 94.6 Å². The van der Waals surface area contributed by atoms with Gasteiger partial charge in [0.1, 0.15) is 23.3 Å². The smallest absolute Gasteiger partial charge is 0.320 e. The molecular formula is C24H29N5O3. The molecule has 1 aromatic heterocycles. The van der Waals surface area contributed by atoms with Gasteiger partial charge >= 0.3 is 6.03 Å². The minimum Gasteiger partial charge on any atom is -0.487 e. The van der Waals surface area contributed by atoms with E-state index in [1.165, 1.54) is 18.4 Å². The number of rotatable bonds is 5. The Balaban J connectivity index is 0.862. The second kappa shape index (κ2) is 6.47. The molecule has 32 heavy (non-hydrogen) atoms. The van der Waals surface area contributed by atoms with E-state index in [0.29, 0.717) is 24.8 Å². The molecule has 3 saturated carbocycles. The van der Waals surface area contributed by atoms with Gasteiger partial charge in [-0.25, -0.2) is 9.78 Å². The van der Waals surface area contributed by atoms with Gasteiger partial charge in [0, 0.05) is 24.4 Å². The van der Waals surface area contributed by atoms with Crippen molar-refractivity contribution in [1.82, 2.24) is 25.0 Å². The second-order valence-corrected chi connectivity index (χ2v) is 10.8. The van der Waals surface area contributed by atoms with Gasteiger partial charge in [0.05, 0.1) is 13.1 Å². The summed E-state index contributed by atoms with van der Waals surface area (Å²) in [4.78, 5) is 21.2. The Morgan fingerprint density at radius 2 is 1.78 bits per heavy atom. The molecule has 1 aromatic carbocycles. The maximum atomic E-state index is 12.8. The molecule has 1 spiro atoms. The standard InChI is InChI=1S/C24H29N5O3/c30-22(28-11-19(12-28)32-18-5-3-16(4-6-18)15-1-2-15)29-13-23(14-29)9-17(10-23)20-25-21(27-26-20)24(31)7-8-24/h3-6,15,17,19,31H,1-2,7-14H2,(H,25,26,27). The molecule has 2 aliphatic heterocycles. The summed E-state index contributed by atoms with van der Waals surface area (Å²) in [5.74, 6) is 3.47. The molecule has 0 radical (unpaired) electrons. The van der Waals surface area contributed by atoms with E-state index in [4.69, 9.17) is 4.74 Å². The van der Waals surface area contributed by atoms with E-state index in [2.05, 4.69) is 39.4 Å². The number of carbonyl (C=O) groups excluding carboxylic acids is 1. The number of amides is 2. The second-order valence-electron chi connectivity index (χ2n) is 10.8. The molecule has 8 nitrogen and oxygen atoms in total. The van der Waals surface area contributed by atoms with E-state index in [0.717, 1.165) is 56.3 Å². The third-order valence-corrected chi connectivity index (χ3v) is 8.06. The maximum absolute atomic E-state index is 12.8. The van der Waals surface area contributed by atoms with Gasteiger partial charge in [0.25, 0.3) is 0 Å². The lowest BCUT2D eigenvalue weighted by molar-refractivity contribution is -0.0665. The number of aromatic nitrogens is 3. The highest BCUT2D eigenvalue weighted by Gasteiger charge is 2.56. The fourth-order valence-electron chi connectivity index (χ4n) is 5.64. The Hall–Kier alpha value is -2.61. The molecule has 5 aliphatic rings. The molecule has 7 rings (SSSR count). The maximum Gasteiger partial charge on any atom is 0.320 e. The highest BCUT2D eigenvalue weighted by molar-refractivity contribution is 5.76. The highest BCUT2D eigenvalue weighted by Crippen LogP contribution is 2.56. The third kappa shape index (κ3) is 3.10. The largest absolute Gasteiger partial charge is 0.487 e. The van der Waals surface area contributed by atoms with Crippen LogP contribution >= 0.6 is 0 Å². The molecule has 0 unspecified atom stereocenters. The predicted molar refractivity (Wildman–Crippen MR) is 115 cm³/mol. The number of nitrogens with zero attached hydrogens (tertiary/aromatic N) is 4. The number of H-pyrrole nitrogens is 1. The van der Waals surface area contributed by atoms with Crippen molar-refractivity contribution in [2.45, 2.75) is 62.1 Å². The minimum absolute atomic E-state index is 0.0935. The van der Waals surface area contributed by atoms with Gasteiger partial charge in [-0.15, -0.1) is 0 Å². The average molecular weight is 436 g/mol. The molecule has 0 atom stereocenters. The van der Waals surface area contributed by atoms with Crippen molar-refractivity contribution < 1.29 is 14.6 Å². The van der Waals surface area contributed by atoms with E-state index in [-0.39, 0.29) is 17.6 Å². The molecule has 2 N–H and O–H groups in total. The molecule has 2 saturated heterocycles. The Morgan fingerprint density at radius 1 is 1.06 bits per heavy atom. The molecule has 168 valence electrons. The Morgan fingerprint density at radius 3 is 2.44 bits per heavy atom. The predicted octanol–water partition coefficient (Wildman–Crippen LogP) is 2.73. The Labute approximate surface area is 187 Å². The quantitative estimate of drug-likeness (QED) is 0.753. The zero-order valence-corrected chi connectivity index (χ0v) is 18.2. The van der Waals surface area contributed by atoms with E-state index >= 15 is 0 Å². The van der Waals surface area contributed by atoms with Gasteiger partial charge in [0.2, 0.25) is 0 Å². The van der Waals surface area contributed by atoms with Gasteiger partial charge in [-0.2, -0.15) is 5.10 Å².